The van der Waals surface area contributed by atoms with E-state index >= 15 is 4.11 Å². The second-order valence-corrected chi connectivity index (χ2v) is 16.1. The summed E-state index contributed by atoms with van der Waals surface area (Å²) < 4.78 is 29.4. The first-order chi connectivity index (χ1) is 20.5. The molecular weight excluding hydrogens is 573 g/mol. The monoisotopic (exact) mass is 615 g/mol. The van der Waals surface area contributed by atoms with Gasteiger partial charge in [-0.15, -0.1) is 5.10 Å². The maximum Gasteiger partial charge on any atom is 0.305 e. The summed E-state index contributed by atoms with van der Waals surface area (Å²) in [6, 6.07) is 5.64. The number of anilines is 2. The smallest absolute Gasteiger partial charge is 0.305 e. The normalized spacial score (nSPS) is 25.3. The molecule has 2 saturated heterocycles. The van der Waals surface area contributed by atoms with Crippen LogP contribution in [0.1, 0.15) is 56.7 Å². The number of aliphatic hydroxyl groups excluding tert-OH is 1. The van der Waals surface area contributed by atoms with Crippen LogP contribution in [-0.4, -0.2) is 79.2 Å². The van der Waals surface area contributed by atoms with Gasteiger partial charge in [-0.1, -0.05) is 12.1 Å². The van der Waals surface area contributed by atoms with E-state index in [1.54, 1.807) is 33.8 Å². The number of amides is 2. The van der Waals surface area contributed by atoms with E-state index < -0.39 is 31.6 Å². The van der Waals surface area contributed by atoms with Crippen molar-refractivity contribution in [2.24, 2.45) is 5.92 Å². The Bertz CT molecular complexity index is 1360. The topological polar surface area (TPSA) is 127 Å². The van der Waals surface area contributed by atoms with Crippen LogP contribution in [0.15, 0.2) is 24.4 Å². The molecule has 1 aromatic carbocycles. The maximum absolute atomic E-state index is 16.2. The molecule has 234 valence electrons. The van der Waals surface area contributed by atoms with E-state index in [0.717, 1.165) is 6.42 Å². The molecule has 0 radical (unpaired) electrons. The predicted octanol–water partition coefficient (Wildman–Crippen LogP) is 3.49. The first kappa shape index (κ1) is 31.3. The molecule has 4 heterocycles. The summed E-state index contributed by atoms with van der Waals surface area (Å²) in [4.78, 5) is 42.3. The second kappa shape index (κ2) is 12.4. The zero-order valence-corrected chi connectivity index (χ0v) is 26.4. The van der Waals surface area contributed by atoms with E-state index in [0.29, 0.717) is 74.4 Å². The summed E-state index contributed by atoms with van der Waals surface area (Å²) in [6.45, 7) is 6.64. The quantitative estimate of drug-likeness (QED) is 0.166. The van der Waals surface area contributed by atoms with Crippen molar-refractivity contribution in [1.29, 1.82) is 0 Å². The Kier molecular flexibility index (Phi) is 9.05. The van der Waals surface area contributed by atoms with Crippen LogP contribution in [-0.2, 0) is 42.4 Å². The number of carbonyl (C=O) groups excluding carboxylic acids is 3. The van der Waals surface area contributed by atoms with Gasteiger partial charge in [0.15, 0.2) is 5.60 Å². The summed E-state index contributed by atoms with van der Waals surface area (Å²) in [5, 5.41) is 17.5. The second-order valence-electron chi connectivity index (χ2n) is 12.3. The summed E-state index contributed by atoms with van der Waals surface area (Å²) in [5.41, 5.74) is 0.892. The van der Waals surface area contributed by atoms with Crippen LogP contribution in [0.5, 0.6) is 0 Å². The van der Waals surface area contributed by atoms with Crippen LogP contribution < -0.4 is 9.80 Å². The number of rotatable bonds is 12. The van der Waals surface area contributed by atoms with E-state index in [1.807, 2.05) is 25.1 Å². The summed E-state index contributed by atoms with van der Waals surface area (Å²) in [6.07, 6.45) is 4.70. The third-order valence-electron chi connectivity index (χ3n) is 9.17. The van der Waals surface area contributed by atoms with Crippen molar-refractivity contribution in [1.82, 2.24) is 15.0 Å². The first-order valence-corrected chi connectivity index (χ1v) is 18.2. The molecule has 2 aromatic rings. The van der Waals surface area contributed by atoms with E-state index in [1.165, 1.54) is 7.11 Å². The lowest BCUT2D eigenvalue weighted by Gasteiger charge is -2.31. The number of esters is 1. The fourth-order valence-corrected chi connectivity index (χ4v) is 9.74. The summed E-state index contributed by atoms with van der Waals surface area (Å²) in [5.74, 6) is -0.941. The van der Waals surface area contributed by atoms with Gasteiger partial charge in [0.25, 0.3) is 5.91 Å². The molecule has 0 aliphatic carbocycles. The van der Waals surface area contributed by atoms with Gasteiger partial charge in [0.05, 0.1) is 24.6 Å². The van der Waals surface area contributed by atoms with Crippen molar-refractivity contribution in [3.05, 3.63) is 35.7 Å². The third kappa shape index (κ3) is 5.86. The number of unbranched alkanes of at least 4 members (excludes halogenated alkanes) is 1. The highest BCUT2D eigenvalue weighted by Crippen LogP contribution is 2.60. The van der Waals surface area contributed by atoms with Gasteiger partial charge in [-0.2, -0.15) is 0 Å². The zero-order valence-electron chi connectivity index (χ0n) is 25.4. The molecule has 1 spiro atoms. The Morgan fingerprint density at radius 2 is 2.05 bits per heavy atom. The van der Waals surface area contributed by atoms with Gasteiger partial charge < -0.3 is 28.5 Å². The van der Waals surface area contributed by atoms with Crippen molar-refractivity contribution in [2.45, 2.75) is 88.8 Å². The maximum atomic E-state index is 16.2. The highest BCUT2D eigenvalue weighted by Gasteiger charge is 2.66. The average Bonchev–Trinajstić information content (AvgIpc) is 3.72. The fourth-order valence-electron chi connectivity index (χ4n) is 7.19. The van der Waals surface area contributed by atoms with Crippen molar-refractivity contribution in [3.63, 3.8) is 0 Å². The minimum absolute atomic E-state index is 0.0279. The molecular formula is C30H42FN5O6Si. The van der Waals surface area contributed by atoms with Crippen LogP contribution in [0.2, 0.25) is 18.6 Å². The lowest BCUT2D eigenvalue weighted by Crippen LogP contribution is -2.45. The first-order valence-electron chi connectivity index (χ1n) is 15.2. The van der Waals surface area contributed by atoms with Crippen molar-refractivity contribution >= 4 is 37.6 Å². The zero-order chi connectivity index (χ0) is 30.9. The number of carbonyl (C=O) groups is 3. The molecule has 0 unspecified atom stereocenters. The number of aliphatic hydroxyl groups is 1. The van der Waals surface area contributed by atoms with Crippen LogP contribution in [0.4, 0.5) is 15.5 Å². The Hall–Kier alpha value is -3.16. The largest absolute Gasteiger partial charge is 0.469 e. The number of nitrogens with zero attached hydrogens (tertiary/aromatic N) is 5. The van der Waals surface area contributed by atoms with Gasteiger partial charge in [0, 0.05) is 74.4 Å². The molecule has 3 aliphatic heterocycles. The van der Waals surface area contributed by atoms with E-state index in [9.17, 15) is 19.5 Å². The van der Waals surface area contributed by atoms with Gasteiger partial charge in [-0.3, -0.25) is 19.1 Å². The molecule has 1 N–H and O–H groups in total. The molecule has 43 heavy (non-hydrogen) atoms. The number of aromatic nitrogens is 3. The van der Waals surface area contributed by atoms with Crippen LogP contribution in [0.3, 0.4) is 0 Å². The standard InChI is InChI=1S/C30H42FN5O6Si/c1-20-28(43(3,4)31)25(12-16-34-19-21(13-17-37)32-33-34)42-30(20)23-18-22(35-15-7-8-26(35)38)10-11-24(23)36(29(30)40)14-6-5-9-27(39)41-2/h10-11,18-20,25,28,37H,5-9,12-17H2,1-4H3/t20-,25+,28-,30+/m1/s1. The molecule has 0 saturated carbocycles. The molecule has 13 heteroatoms. The Morgan fingerprint density at radius 1 is 1.26 bits per heavy atom. The number of ether oxygens (including phenoxy) is 2. The van der Waals surface area contributed by atoms with E-state index in [2.05, 4.69) is 10.3 Å². The number of fused-ring (bicyclic) bond motifs is 2. The van der Waals surface area contributed by atoms with E-state index in [-0.39, 0.29) is 30.8 Å². The summed E-state index contributed by atoms with van der Waals surface area (Å²) in [7, 11) is -2.00. The highest BCUT2D eigenvalue weighted by molar-refractivity contribution is 6.72. The van der Waals surface area contributed by atoms with Crippen LogP contribution in [0, 0.1) is 5.92 Å². The molecule has 2 fully saturated rings. The number of methoxy groups -OCH3 is 1. The van der Waals surface area contributed by atoms with Gasteiger partial charge in [0.1, 0.15) is 0 Å². The van der Waals surface area contributed by atoms with Gasteiger partial charge in [-0.25, -0.2) is 0 Å². The van der Waals surface area contributed by atoms with Gasteiger partial charge in [-0.05, 0) is 57.0 Å². The number of hydrogen-bond acceptors (Lipinski definition) is 8. The minimum atomic E-state index is -3.35. The molecule has 4 atom stereocenters. The Morgan fingerprint density at radius 3 is 2.72 bits per heavy atom. The lowest BCUT2D eigenvalue weighted by atomic mass is 9.82. The minimum Gasteiger partial charge on any atom is -0.469 e. The van der Waals surface area contributed by atoms with Crippen molar-refractivity contribution < 1.29 is 33.1 Å². The summed E-state index contributed by atoms with van der Waals surface area (Å²) >= 11 is 0. The van der Waals surface area contributed by atoms with Crippen molar-refractivity contribution in [2.75, 3.05) is 36.6 Å². The molecule has 11 nitrogen and oxygen atoms in total. The van der Waals surface area contributed by atoms with Crippen LogP contribution in [0.25, 0.3) is 0 Å². The van der Waals surface area contributed by atoms with Crippen LogP contribution >= 0.6 is 0 Å². The molecule has 5 rings (SSSR count). The number of halogens is 1. The lowest BCUT2D eigenvalue weighted by molar-refractivity contribution is -0.146. The highest BCUT2D eigenvalue weighted by atomic mass is 28.4. The van der Waals surface area contributed by atoms with E-state index in [4.69, 9.17) is 9.47 Å². The van der Waals surface area contributed by atoms with Crippen molar-refractivity contribution in [3.8, 4) is 0 Å². The predicted molar refractivity (Wildman–Crippen MR) is 160 cm³/mol. The number of aryl methyl sites for hydroxylation is 1. The molecule has 0 bridgehead atoms. The van der Waals surface area contributed by atoms with Gasteiger partial charge in [0.2, 0.25) is 14.3 Å². The van der Waals surface area contributed by atoms with Gasteiger partial charge >= 0.3 is 5.97 Å². The SMILES string of the molecule is COC(=O)CCCCN1C(=O)[C@@]2(O[C@@H](CCn3cc(CCO)nn3)[C@H]([Si](C)(C)F)[C@H]2C)c2cc(N3CCCC3=O)ccc21. The Labute approximate surface area is 252 Å². The molecule has 1 aromatic heterocycles. The molecule has 2 amide bonds. The average molecular weight is 616 g/mol. The number of benzene rings is 1. The number of hydrogen-bond donors (Lipinski definition) is 1. The fraction of sp³-hybridized carbons (Fsp3) is 0.633. The third-order valence-corrected chi connectivity index (χ3v) is 11.6. The Balaban J connectivity index is 1.49. The molecule has 3 aliphatic rings.